The van der Waals surface area contributed by atoms with E-state index in [0.717, 1.165) is 18.7 Å². The minimum Gasteiger partial charge on any atom is -0.352 e. The van der Waals surface area contributed by atoms with E-state index in [2.05, 4.69) is 15.5 Å². The number of nitrogens with one attached hydrogen (secondary N) is 1. The van der Waals surface area contributed by atoms with Gasteiger partial charge in [0.15, 0.2) is 15.0 Å². The van der Waals surface area contributed by atoms with Gasteiger partial charge in [-0.25, -0.2) is 8.42 Å². The van der Waals surface area contributed by atoms with Gasteiger partial charge >= 0.3 is 0 Å². The van der Waals surface area contributed by atoms with E-state index >= 15 is 0 Å². The molecule has 1 aliphatic heterocycles. The average Bonchev–Trinajstić information content (AvgIpc) is 3.15. The van der Waals surface area contributed by atoms with Crippen molar-refractivity contribution < 1.29 is 13.2 Å². The Kier molecular flexibility index (Phi) is 4.68. The molecule has 1 aliphatic carbocycles. The van der Waals surface area contributed by atoms with Gasteiger partial charge in [-0.05, 0) is 32.1 Å². The predicted octanol–water partition coefficient (Wildman–Crippen LogP) is 0.551. The minimum atomic E-state index is -2.87. The molecule has 1 aromatic rings. The molecular formula is C14H22N4O3S2. The van der Waals surface area contributed by atoms with Crippen LogP contribution in [0.2, 0.25) is 0 Å². The molecule has 2 aliphatic rings. The van der Waals surface area contributed by atoms with Crippen LogP contribution < -0.4 is 5.32 Å². The van der Waals surface area contributed by atoms with Crippen molar-refractivity contribution in [2.75, 3.05) is 11.5 Å². The third kappa shape index (κ3) is 4.26. The fraction of sp³-hybridized carbons (Fsp3) is 0.786. The molecule has 0 unspecified atom stereocenters. The Labute approximate surface area is 140 Å². The highest BCUT2D eigenvalue weighted by molar-refractivity contribution is 8.00. The molecule has 1 aromatic heterocycles. The van der Waals surface area contributed by atoms with E-state index in [1.54, 1.807) is 0 Å². The number of sulfone groups is 1. The van der Waals surface area contributed by atoms with Gasteiger partial charge < -0.3 is 9.88 Å². The first kappa shape index (κ1) is 16.8. The zero-order chi connectivity index (χ0) is 16.6. The van der Waals surface area contributed by atoms with Crippen LogP contribution in [0.3, 0.4) is 0 Å². The Bertz CT molecular complexity index is 697. The molecular weight excluding hydrogens is 336 g/mol. The van der Waals surface area contributed by atoms with E-state index in [4.69, 9.17) is 0 Å². The van der Waals surface area contributed by atoms with Crippen LogP contribution in [0.25, 0.3) is 0 Å². The molecule has 0 bridgehead atoms. The lowest BCUT2D eigenvalue weighted by atomic mass is 10.1. The second kappa shape index (κ2) is 6.43. The number of nitrogens with zero attached hydrogens (tertiary/aromatic N) is 3. The number of rotatable bonds is 6. The summed E-state index contributed by atoms with van der Waals surface area (Å²) in [6, 6.07) is 0.352. The summed E-state index contributed by atoms with van der Waals surface area (Å²) in [6.07, 6.45) is 3.45. The number of aromatic nitrogens is 3. The molecule has 1 N–H and O–H groups in total. The Balaban J connectivity index is 1.59. The molecule has 128 valence electrons. The van der Waals surface area contributed by atoms with Crippen molar-refractivity contribution in [2.45, 2.75) is 49.1 Å². The molecule has 2 fully saturated rings. The summed E-state index contributed by atoms with van der Waals surface area (Å²) in [5.74, 6) is 1.45. The third-order valence-electron chi connectivity index (χ3n) is 4.30. The lowest BCUT2D eigenvalue weighted by molar-refractivity contribution is -0.120. The van der Waals surface area contributed by atoms with Gasteiger partial charge in [-0.2, -0.15) is 0 Å². The van der Waals surface area contributed by atoms with Crippen LogP contribution in [-0.2, 0) is 28.1 Å². The Hall–Kier alpha value is -1.09. The first-order chi connectivity index (χ1) is 10.8. The summed E-state index contributed by atoms with van der Waals surface area (Å²) >= 11 is 1.39. The van der Waals surface area contributed by atoms with Gasteiger partial charge in [0.2, 0.25) is 5.91 Å². The molecule has 2 atom stereocenters. The van der Waals surface area contributed by atoms with Crippen molar-refractivity contribution in [3.05, 3.63) is 5.82 Å². The Morgan fingerprint density at radius 2 is 2.13 bits per heavy atom. The topological polar surface area (TPSA) is 93.9 Å². The Morgan fingerprint density at radius 1 is 1.39 bits per heavy atom. The molecule has 7 nitrogen and oxygen atoms in total. The van der Waals surface area contributed by atoms with Crippen molar-refractivity contribution >= 4 is 27.5 Å². The van der Waals surface area contributed by atoms with Crippen molar-refractivity contribution in [1.29, 1.82) is 0 Å². The standard InChI is InChI=1S/C14H22N4O3S2/c1-9(13(19)15-11-3-4-11)22-14-17-16-12(18(14)2)7-10-5-6-23(20,21)8-10/h9-11H,3-8H2,1-2H3,(H,15,19)/t9-,10+/m1/s1. The van der Waals surface area contributed by atoms with Crippen molar-refractivity contribution in [3.63, 3.8) is 0 Å². The maximum Gasteiger partial charge on any atom is 0.233 e. The van der Waals surface area contributed by atoms with Gasteiger partial charge in [0.05, 0.1) is 16.8 Å². The fourth-order valence-corrected chi connectivity index (χ4v) is 5.38. The molecule has 1 saturated carbocycles. The van der Waals surface area contributed by atoms with Crippen molar-refractivity contribution in [3.8, 4) is 0 Å². The van der Waals surface area contributed by atoms with Crippen molar-refractivity contribution in [2.24, 2.45) is 13.0 Å². The summed E-state index contributed by atoms with van der Waals surface area (Å²) in [7, 11) is -1.01. The van der Waals surface area contributed by atoms with Crippen LogP contribution in [0.4, 0.5) is 0 Å². The van der Waals surface area contributed by atoms with Crippen LogP contribution in [-0.4, -0.2) is 51.9 Å². The number of hydrogen-bond donors (Lipinski definition) is 1. The van der Waals surface area contributed by atoms with Crippen LogP contribution in [0.1, 0.15) is 32.0 Å². The molecule has 0 radical (unpaired) electrons. The zero-order valence-electron chi connectivity index (χ0n) is 13.4. The largest absolute Gasteiger partial charge is 0.352 e. The SMILES string of the molecule is C[C@@H](Sc1nnc(C[C@@H]2CCS(=O)(=O)C2)n1C)C(=O)NC1CC1. The normalized spacial score (nSPS) is 24.5. The number of thioether (sulfide) groups is 1. The molecule has 1 amide bonds. The monoisotopic (exact) mass is 358 g/mol. The van der Waals surface area contributed by atoms with Gasteiger partial charge in [-0.15, -0.1) is 10.2 Å². The summed E-state index contributed by atoms with van der Waals surface area (Å²) in [6.45, 7) is 1.86. The lowest BCUT2D eigenvalue weighted by Gasteiger charge is -2.11. The summed E-state index contributed by atoms with van der Waals surface area (Å²) in [5, 5.41) is 11.8. The van der Waals surface area contributed by atoms with Gasteiger partial charge in [0, 0.05) is 19.5 Å². The summed E-state index contributed by atoms with van der Waals surface area (Å²) in [4.78, 5) is 12.0. The minimum absolute atomic E-state index is 0.0314. The summed E-state index contributed by atoms with van der Waals surface area (Å²) in [5.41, 5.74) is 0. The Morgan fingerprint density at radius 3 is 2.74 bits per heavy atom. The first-order valence-electron chi connectivity index (χ1n) is 7.90. The maximum atomic E-state index is 12.0. The van der Waals surface area contributed by atoms with E-state index in [9.17, 15) is 13.2 Å². The van der Waals surface area contributed by atoms with E-state index < -0.39 is 9.84 Å². The molecule has 9 heteroatoms. The van der Waals surface area contributed by atoms with Crippen LogP contribution in [0.5, 0.6) is 0 Å². The molecule has 0 aromatic carbocycles. The van der Waals surface area contributed by atoms with E-state index in [1.807, 2.05) is 18.5 Å². The summed E-state index contributed by atoms with van der Waals surface area (Å²) < 4.78 is 25.0. The highest BCUT2D eigenvalue weighted by atomic mass is 32.2. The number of hydrogen-bond acceptors (Lipinski definition) is 6. The number of carbonyl (C=O) groups is 1. The highest BCUT2D eigenvalue weighted by Crippen LogP contribution is 2.26. The predicted molar refractivity (Wildman–Crippen MR) is 88.0 cm³/mol. The van der Waals surface area contributed by atoms with Crippen LogP contribution >= 0.6 is 11.8 Å². The molecule has 3 rings (SSSR count). The molecule has 23 heavy (non-hydrogen) atoms. The molecule has 1 saturated heterocycles. The highest BCUT2D eigenvalue weighted by Gasteiger charge is 2.30. The van der Waals surface area contributed by atoms with Crippen LogP contribution in [0, 0.1) is 5.92 Å². The zero-order valence-corrected chi connectivity index (χ0v) is 15.0. The lowest BCUT2D eigenvalue weighted by Crippen LogP contribution is -2.32. The molecule has 0 spiro atoms. The van der Waals surface area contributed by atoms with Crippen LogP contribution in [0.15, 0.2) is 5.16 Å². The maximum absolute atomic E-state index is 12.0. The van der Waals surface area contributed by atoms with E-state index in [-0.39, 0.29) is 28.6 Å². The second-order valence-electron chi connectivity index (χ2n) is 6.47. The third-order valence-corrected chi connectivity index (χ3v) is 7.27. The fourth-order valence-electron chi connectivity index (χ4n) is 2.67. The van der Waals surface area contributed by atoms with Crippen molar-refractivity contribution in [1.82, 2.24) is 20.1 Å². The second-order valence-corrected chi connectivity index (χ2v) is 10.0. The van der Waals surface area contributed by atoms with Gasteiger partial charge in [-0.1, -0.05) is 11.8 Å². The van der Waals surface area contributed by atoms with Gasteiger partial charge in [0.25, 0.3) is 0 Å². The molecule has 2 heterocycles. The average molecular weight is 358 g/mol. The van der Waals surface area contributed by atoms with E-state index in [1.165, 1.54) is 11.8 Å². The van der Waals surface area contributed by atoms with E-state index in [0.29, 0.717) is 24.0 Å². The smallest absolute Gasteiger partial charge is 0.233 e. The number of carbonyl (C=O) groups excluding carboxylic acids is 1. The van der Waals surface area contributed by atoms with Gasteiger partial charge in [0.1, 0.15) is 5.82 Å². The number of amides is 1. The van der Waals surface area contributed by atoms with Gasteiger partial charge in [-0.3, -0.25) is 4.79 Å². The quantitative estimate of drug-likeness (QED) is 0.747. The first-order valence-corrected chi connectivity index (χ1v) is 10.6.